The molecular weight excluding hydrogens is 382 g/mol. The van der Waals surface area contributed by atoms with Gasteiger partial charge in [-0.25, -0.2) is 0 Å². The molecule has 0 heterocycles. The van der Waals surface area contributed by atoms with Crippen LogP contribution in [-0.2, 0) is 4.79 Å². The lowest BCUT2D eigenvalue weighted by Crippen LogP contribution is -2.52. The summed E-state index contributed by atoms with van der Waals surface area (Å²) < 4.78 is 0. The van der Waals surface area contributed by atoms with E-state index in [1.165, 1.54) is 6.42 Å². The molecule has 4 aliphatic rings. The van der Waals surface area contributed by atoms with Crippen LogP contribution >= 0.6 is 0 Å². The van der Waals surface area contributed by atoms with Gasteiger partial charge in [-0.05, 0) is 79.4 Å². The molecule has 0 radical (unpaired) electrons. The van der Waals surface area contributed by atoms with Crippen LogP contribution in [0, 0.1) is 44.6 Å². The summed E-state index contributed by atoms with van der Waals surface area (Å²) in [6, 6.07) is 0. The fraction of sp³-hybridized carbons (Fsp3) is 0.875. The highest BCUT2D eigenvalue weighted by Gasteiger charge is 2.61. The molecule has 6 heteroatoms. The third kappa shape index (κ3) is 3.54. The number of ketones is 1. The Morgan fingerprint density at radius 2 is 1.77 bits per heavy atom. The SMILES string of the molecule is CC12CCC(=O)C([N+](=O)[O-])=C1CCC1C2CCC2(C)C1CC[C@@H]2C(O)CO.CCC. The molecule has 3 saturated carbocycles. The Morgan fingerprint density at radius 1 is 1.10 bits per heavy atom. The third-order valence-electron chi connectivity index (χ3n) is 9.00. The highest BCUT2D eigenvalue weighted by molar-refractivity contribution is 5.95. The number of allylic oxidation sites excluding steroid dienone is 1. The fourth-order valence-corrected chi connectivity index (χ4v) is 7.70. The van der Waals surface area contributed by atoms with Gasteiger partial charge in [0.2, 0.25) is 5.78 Å². The first-order valence-corrected chi connectivity index (χ1v) is 11.9. The molecule has 0 aromatic carbocycles. The predicted molar refractivity (Wildman–Crippen MR) is 115 cm³/mol. The van der Waals surface area contributed by atoms with Gasteiger partial charge in [-0.3, -0.25) is 14.9 Å². The summed E-state index contributed by atoms with van der Waals surface area (Å²) in [6.07, 6.45) is 7.16. The number of nitro groups is 1. The Balaban J connectivity index is 0.000000806. The number of rotatable bonds is 3. The van der Waals surface area contributed by atoms with Crippen LogP contribution in [0.1, 0.15) is 85.5 Å². The van der Waals surface area contributed by atoms with Crippen LogP contribution in [0.25, 0.3) is 0 Å². The summed E-state index contributed by atoms with van der Waals surface area (Å²) >= 11 is 0. The second kappa shape index (κ2) is 8.70. The summed E-state index contributed by atoms with van der Waals surface area (Å²) in [5, 5.41) is 31.4. The van der Waals surface area contributed by atoms with Gasteiger partial charge < -0.3 is 10.2 Å². The Labute approximate surface area is 180 Å². The van der Waals surface area contributed by atoms with Crippen LogP contribution < -0.4 is 0 Å². The Morgan fingerprint density at radius 3 is 2.37 bits per heavy atom. The van der Waals surface area contributed by atoms with Crippen LogP contribution in [0.3, 0.4) is 0 Å². The van der Waals surface area contributed by atoms with Crippen molar-refractivity contribution in [2.75, 3.05) is 6.61 Å². The Bertz CT molecular complexity index is 718. The van der Waals surface area contributed by atoms with E-state index in [1.54, 1.807) is 0 Å². The molecule has 0 aromatic rings. The van der Waals surface area contributed by atoms with Crippen LogP contribution in [0.5, 0.6) is 0 Å². The smallest absolute Gasteiger partial charge is 0.311 e. The number of nitrogens with zero attached hydrogens (tertiary/aromatic N) is 1. The number of aliphatic hydroxyl groups excluding tert-OH is 2. The molecule has 170 valence electrons. The van der Waals surface area contributed by atoms with Crippen molar-refractivity contribution in [3.63, 3.8) is 0 Å². The number of Topliss-reactive ketones (excluding diaryl/α,β-unsaturated/α-hetero) is 1. The van der Waals surface area contributed by atoms with Crippen molar-refractivity contribution in [2.24, 2.45) is 34.5 Å². The van der Waals surface area contributed by atoms with Gasteiger partial charge in [-0.1, -0.05) is 34.1 Å². The molecule has 0 spiro atoms. The second-order valence-corrected chi connectivity index (χ2v) is 10.5. The minimum atomic E-state index is -0.653. The minimum Gasteiger partial charge on any atom is -0.394 e. The first kappa shape index (κ1) is 23.4. The lowest BCUT2D eigenvalue weighted by atomic mass is 9.46. The molecule has 0 aromatic heterocycles. The van der Waals surface area contributed by atoms with Crippen molar-refractivity contribution in [3.8, 4) is 0 Å². The monoisotopic (exact) mass is 421 g/mol. The summed E-state index contributed by atoms with van der Waals surface area (Å²) in [6.45, 7) is 8.51. The Kier molecular flexibility index (Phi) is 6.78. The van der Waals surface area contributed by atoms with E-state index in [0.717, 1.165) is 44.1 Å². The fourth-order valence-electron chi connectivity index (χ4n) is 7.70. The first-order chi connectivity index (χ1) is 14.2. The topological polar surface area (TPSA) is 101 Å². The lowest BCUT2D eigenvalue weighted by molar-refractivity contribution is -0.422. The van der Waals surface area contributed by atoms with E-state index in [4.69, 9.17) is 0 Å². The predicted octanol–water partition coefficient (Wildman–Crippen LogP) is 4.51. The normalized spacial score (nSPS) is 41.2. The van der Waals surface area contributed by atoms with E-state index in [1.807, 2.05) is 0 Å². The van der Waals surface area contributed by atoms with Crippen molar-refractivity contribution < 1.29 is 19.9 Å². The summed E-state index contributed by atoms with van der Waals surface area (Å²) in [4.78, 5) is 23.4. The van der Waals surface area contributed by atoms with Crippen molar-refractivity contribution in [1.82, 2.24) is 0 Å². The summed E-state index contributed by atoms with van der Waals surface area (Å²) in [5.41, 5.74) is 0.486. The van der Waals surface area contributed by atoms with Gasteiger partial charge in [-0.15, -0.1) is 0 Å². The maximum absolute atomic E-state index is 12.2. The molecule has 6 nitrogen and oxygen atoms in total. The van der Waals surface area contributed by atoms with Gasteiger partial charge in [0.1, 0.15) is 0 Å². The van der Waals surface area contributed by atoms with Gasteiger partial charge in [0.05, 0.1) is 17.6 Å². The minimum absolute atomic E-state index is 0.0390. The van der Waals surface area contributed by atoms with E-state index in [-0.39, 0.29) is 41.3 Å². The molecule has 3 fully saturated rings. The van der Waals surface area contributed by atoms with Gasteiger partial charge in [0.15, 0.2) is 0 Å². The lowest BCUT2D eigenvalue weighted by Gasteiger charge is -2.58. The number of aliphatic hydroxyl groups is 2. The summed E-state index contributed by atoms with van der Waals surface area (Å²) in [5.74, 6) is 1.22. The summed E-state index contributed by atoms with van der Waals surface area (Å²) in [7, 11) is 0. The zero-order valence-corrected chi connectivity index (χ0v) is 19.0. The molecule has 0 saturated heterocycles. The maximum Gasteiger partial charge on any atom is 0.311 e. The van der Waals surface area contributed by atoms with E-state index >= 15 is 0 Å². The van der Waals surface area contributed by atoms with Gasteiger partial charge in [-0.2, -0.15) is 0 Å². The maximum atomic E-state index is 12.2. The third-order valence-corrected chi connectivity index (χ3v) is 9.00. The first-order valence-electron chi connectivity index (χ1n) is 11.9. The Hall–Kier alpha value is -1.27. The molecule has 0 amide bonds. The van der Waals surface area contributed by atoms with Crippen molar-refractivity contribution >= 4 is 5.78 Å². The highest BCUT2D eigenvalue weighted by atomic mass is 16.6. The highest BCUT2D eigenvalue weighted by Crippen LogP contribution is 2.67. The molecular formula is C24H39NO5. The van der Waals surface area contributed by atoms with Gasteiger partial charge in [0, 0.05) is 12.0 Å². The largest absolute Gasteiger partial charge is 0.394 e. The van der Waals surface area contributed by atoms with Crippen LogP contribution in [0.4, 0.5) is 0 Å². The molecule has 4 aliphatic carbocycles. The molecule has 0 bridgehead atoms. The zero-order valence-electron chi connectivity index (χ0n) is 19.0. The van der Waals surface area contributed by atoms with Crippen LogP contribution in [-0.4, -0.2) is 33.6 Å². The van der Waals surface area contributed by atoms with Crippen LogP contribution in [0.15, 0.2) is 11.3 Å². The van der Waals surface area contributed by atoms with Crippen molar-refractivity contribution in [3.05, 3.63) is 21.4 Å². The number of hydrogen-bond donors (Lipinski definition) is 2. The molecule has 7 atom stereocenters. The zero-order chi connectivity index (χ0) is 22.3. The number of carbonyl (C=O) groups is 1. The molecule has 6 unspecified atom stereocenters. The van der Waals surface area contributed by atoms with E-state index < -0.39 is 11.0 Å². The quantitative estimate of drug-likeness (QED) is 0.516. The number of hydrogen-bond acceptors (Lipinski definition) is 5. The van der Waals surface area contributed by atoms with Crippen molar-refractivity contribution in [2.45, 2.75) is 91.6 Å². The van der Waals surface area contributed by atoms with E-state index in [0.29, 0.717) is 24.2 Å². The average Bonchev–Trinajstić information content (AvgIpc) is 3.05. The van der Waals surface area contributed by atoms with Gasteiger partial charge in [0.25, 0.3) is 0 Å². The van der Waals surface area contributed by atoms with E-state index in [9.17, 15) is 25.1 Å². The molecule has 30 heavy (non-hydrogen) atoms. The van der Waals surface area contributed by atoms with Crippen LogP contribution in [0.2, 0.25) is 0 Å². The second-order valence-electron chi connectivity index (χ2n) is 10.5. The number of fused-ring (bicyclic) bond motifs is 5. The van der Waals surface area contributed by atoms with Crippen molar-refractivity contribution in [1.29, 1.82) is 0 Å². The average molecular weight is 422 g/mol. The standard InChI is InChI=1S/C21H31NO5.C3H8/c1-20-9-7-14-12(13(20)5-6-15(20)18(25)11-23)3-4-16-19(22(26)27)17(24)8-10-21(14,16)2;1-3-2/h12-15,18,23,25H,3-11H2,1-2H3;3H2,1-2H3/t12?,13?,14?,15-,18?,20?,21?;/m1./s1. The van der Waals surface area contributed by atoms with Gasteiger partial charge >= 0.3 is 5.70 Å². The van der Waals surface area contributed by atoms with E-state index in [2.05, 4.69) is 27.7 Å². The molecule has 2 N–H and O–H groups in total. The molecule has 0 aliphatic heterocycles. The number of carbonyl (C=O) groups excluding carboxylic acids is 1. The molecule has 4 rings (SSSR count).